The highest BCUT2D eigenvalue weighted by atomic mass is 16.5. The van der Waals surface area contributed by atoms with Crippen molar-refractivity contribution < 1.29 is 24.2 Å². The summed E-state index contributed by atoms with van der Waals surface area (Å²) in [7, 11) is 1.53. The van der Waals surface area contributed by atoms with Gasteiger partial charge in [0.1, 0.15) is 0 Å². The monoisotopic (exact) mass is 301 g/mol. The Bertz CT molecular complexity index is 382. The van der Waals surface area contributed by atoms with Crippen LogP contribution in [0, 0.1) is 5.41 Å². The van der Waals surface area contributed by atoms with E-state index in [0.29, 0.717) is 19.7 Å². The summed E-state index contributed by atoms with van der Waals surface area (Å²) in [6.45, 7) is 0.994. The molecular formula is C13H23N3O5. The summed E-state index contributed by atoms with van der Waals surface area (Å²) in [6.07, 6.45) is 2.65. The van der Waals surface area contributed by atoms with Gasteiger partial charge in [0.25, 0.3) is 0 Å². The Labute approximate surface area is 123 Å². The van der Waals surface area contributed by atoms with Gasteiger partial charge in [0.2, 0.25) is 5.91 Å². The highest BCUT2D eigenvalue weighted by molar-refractivity contribution is 5.83. The van der Waals surface area contributed by atoms with E-state index in [1.165, 1.54) is 7.11 Å². The number of carbonyl (C=O) groups excluding carboxylic acids is 2. The summed E-state index contributed by atoms with van der Waals surface area (Å²) in [5.41, 5.74) is -0.329. The SMILES string of the molecule is COCCNC(=O)CNC(=O)NCC1(CC(=O)O)CCC1. The number of carboxylic acid groups (broad SMARTS) is 1. The molecule has 8 heteroatoms. The zero-order valence-electron chi connectivity index (χ0n) is 12.2. The maximum Gasteiger partial charge on any atom is 0.315 e. The summed E-state index contributed by atoms with van der Waals surface area (Å²) in [5, 5.41) is 16.5. The Kier molecular flexibility index (Phi) is 6.93. The van der Waals surface area contributed by atoms with Crippen LogP contribution in [0.2, 0.25) is 0 Å². The van der Waals surface area contributed by atoms with Crippen LogP contribution in [0.15, 0.2) is 0 Å². The van der Waals surface area contributed by atoms with Crippen molar-refractivity contribution in [2.24, 2.45) is 5.41 Å². The summed E-state index contributed by atoms with van der Waals surface area (Å²) in [5.74, 6) is -1.15. The van der Waals surface area contributed by atoms with Gasteiger partial charge in [-0.2, -0.15) is 0 Å². The molecule has 1 fully saturated rings. The lowest BCUT2D eigenvalue weighted by atomic mass is 9.66. The van der Waals surface area contributed by atoms with Gasteiger partial charge < -0.3 is 25.8 Å². The maximum absolute atomic E-state index is 11.6. The first-order chi connectivity index (χ1) is 9.97. The number of urea groups is 1. The van der Waals surface area contributed by atoms with E-state index >= 15 is 0 Å². The molecule has 0 bridgehead atoms. The van der Waals surface area contributed by atoms with Crippen molar-refractivity contribution in [3.8, 4) is 0 Å². The summed E-state index contributed by atoms with van der Waals surface area (Å²) in [4.78, 5) is 33.7. The average Bonchev–Trinajstić information content (AvgIpc) is 2.39. The van der Waals surface area contributed by atoms with Gasteiger partial charge in [-0.05, 0) is 18.3 Å². The molecular weight excluding hydrogens is 278 g/mol. The predicted octanol–water partition coefficient (Wildman–Crippen LogP) is -0.307. The zero-order chi connectivity index (χ0) is 15.7. The number of rotatable bonds is 9. The molecule has 0 saturated heterocycles. The quantitative estimate of drug-likeness (QED) is 0.436. The van der Waals surface area contributed by atoms with Crippen molar-refractivity contribution in [1.29, 1.82) is 0 Å². The first kappa shape index (κ1) is 17.2. The van der Waals surface area contributed by atoms with Crippen molar-refractivity contribution in [3.05, 3.63) is 0 Å². The number of aliphatic carboxylic acids is 1. The van der Waals surface area contributed by atoms with Crippen LogP contribution < -0.4 is 16.0 Å². The molecule has 0 radical (unpaired) electrons. The molecule has 1 aliphatic rings. The van der Waals surface area contributed by atoms with Gasteiger partial charge >= 0.3 is 12.0 Å². The van der Waals surface area contributed by atoms with E-state index in [1.54, 1.807) is 0 Å². The first-order valence-electron chi connectivity index (χ1n) is 6.96. The molecule has 1 saturated carbocycles. The summed E-state index contributed by atoms with van der Waals surface area (Å²) < 4.78 is 4.78. The van der Waals surface area contributed by atoms with Crippen LogP contribution in [0.4, 0.5) is 4.79 Å². The van der Waals surface area contributed by atoms with Crippen LogP contribution in [-0.2, 0) is 14.3 Å². The van der Waals surface area contributed by atoms with Crippen molar-refractivity contribution in [2.45, 2.75) is 25.7 Å². The number of amides is 3. The second kappa shape index (κ2) is 8.46. The predicted molar refractivity (Wildman–Crippen MR) is 74.8 cm³/mol. The maximum atomic E-state index is 11.6. The van der Waals surface area contributed by atoms with E-state index in [0.717, 1.165) is 19.3 Å². The fourth-order valence-corrected chi connectivity index (χ4v) is 2.26. The fraction of sp³-hybridized carbons (Fsp3) is 0.769. The molecule has 0 aromatic carbocycles. The van der Waals surface area contributed by atoms with Crippen LogP contribution in [0.25, 0.3) is 0 Å². The largest absolute Gasteiger partial charge is 0.481 e. The van der Waals surface area contributed by atoms with Crippen molar-refractivity contribution >= 4 is 17.9 Å². The highest BCUT2D eigenvalue weighted by Crippen LogP contribution is 2.43. The molecule has 0 spiro atoms. The minimum absolute atomic E-state index is 0.0603. The van der Waals surface area contributed by atoms with Gasteiger partial charge in [-0.25, -0.2) is 4.79 Å². The molecule has 120 valence electrons. The zero-order valence-corrected chi connectivity index (χ0v) is 12.2. The van der Waals surface area contributed by atoms with E-state index in [-0.39, 0.29) is 24.3 Å². The minimum atomic E-state index is -0.852. The van der Waals surface area contributed by atoms with Gasteiger partial charge in [0, 0.05) is 20.2 Å². The fourth-order valence-electron chi connectivity index (χ4n) is 2.26. The number of carbonyl (C=O) groups is 3. The molecule has 0 heterocycles. The van der Waals surface area contributed by atoms with Crippen LogP contribution in [0.3, 0.4) is 0 Å². The molecule has 8 nitrogen and oxygen atoms in total. The summed E-state index contributed by atoms with van der Waals surface area (Å²) in [6, 6.07) is -0.464. The van der Waals surface area contributed by atoms with Gasteiger partial charge in [0.05, 0.1) is 19.6 Å². The van der Waals surface area contributed by atoms with Gasteiger partial charge in [-0.3, -0.25) is 9.59 Å². The molecule has 1 rings (SSSR count). The number of carboxylic acids is 1. The van der Waals surface area contributed by atoms with Crippen molar-refractivity contribution in [3.63, 3.8) is 0 Å². The molecule has 0 aromatic heterocycles. The second-order valence-corrected chi connectivity index (χ2v) is 5.30. The van der Waals surface area contributed by atoms with E-state index in [2.05, 4.69) is 16.0 Å². The number of hydrogen-bond acceptors (Lipinski definition) is 4. The lowest BCUT2D eigenvalue weighted by Crippen LogP contribution is -2.48. The van der Waals surface area contributed by atoms with Gasteiger partial charge in [0.15, 0.2) is 0 Å². The van der Waals surface area contributed by atoms with E-state index in [4.69, 9.17) is 9.84 Å². The van der Waals surface area contributed by atoms with E-state index < -0.39 is 12.0 Å². The lowest BCUT2D eigenvalue weighted by Gasteiger charge is -2.40. The Balaban J connectivity index is 2.18. The standard InChI is InChI=1S/C13H23N3O5/c1-21-6-5-14-10(17)8-15-12(20)16-9-13(3-2-4-13)7-11(18)19/h2-9H2,1H3,(H,14,17)(H,18,19)(H2,15,16,20). The molecule has 0 aromatic rings. The molecule has 0 unspecified atom stereocenters. The third kappa shape index (κ3) is 6.44. The van der Waals surface area contributed by atoms with Crippen LogP contribution in [-0.4, -0.2) is 56.4 Å². The van der Waals surface area contributed by atoms with Gasteiger partial charge in [-0.15, -0.1) is 0 Å². The Morgan fingerprint density at radius 2 is 1.90 bits per heavy atom. The third-order valence-corrected chi connectivity index (χ3v) is 3.60. The molecule has 3 amide bonds. The lowest BCUT2D eigenvalue weighted by molar-refractivity contribution is -0.141. The number of hydrogen-bond donors (Lipinski definition) is 4. The Morgan fingerprint density at radius 1 is 1.19 bits per heavy atom. The minimum Gasteiger partial charge on any atom is -0.481 e. The summed E-state index contributed by atoms with van der Waals surface area (Å²) >= 11 is 0. The first-order valence-corrected chi connectivity index (χ1v) is 6.96. The Hall–Kier alpha value is -1.83. The molecule has 0 aliphatic heterocycles. The molecule has 4 N–H and O–H groups in total. The Morgan fingerprint density at radius 3 is 2.43 bits per heavy atom. The van der Waals surface area contributed by atoms with E-state index in [9.17, 15) is 14.4 Å². The normalized spacial score (nSPS) is 15.7. The molecule has 21 heavy (non-hydrogen) atoms. The van der Waals surface area contributed by atoms with Gasteiger partial charge in [-0.1, -0.05) is 6.42 Å². The van der Waals surface area contributed by atoms with Crippen molar-refractivity contribution in [1.82, 2.24) is 16.0 Å². The number of methoxy groups -OCH3 is 1. The van der Waals surface area contributed by atoms with Crippen LogP contribution in [0.5, 0.6) is 0 Å². The highest BCUT2D eigenvalue weighted by Gasteiger charge is 2.39. The smallest absolute Gasteiger partial charge is 0.315 e. The molecule has 0 atom stereocenters. The van der Waals surface area contributed by atoms with Crippen LogP contribution in [0.1, 0.15) is 25.7 Å². The van der Waals surface area contributed by atoms with E-state index in [1.807, 2.05) is 0 Å². The van der Waals surface area contributed by atoms with Crippen molar-refractivity contribution in [2.75, 3.05) is 33.4 Å². The number of ether oxygens (including phenoxy) is 1. The number of nitrogens with one attached hydrogen (secondary N) is 3. The second-order valence-electron chi connectivity index (χ2n) is 5.30. The van der Waals surface area contributed by atoms with Crippen LogP contribution >= 0.6 is 0 Å². The average molecular weight is 301 g/mol. The third-order valence-electron chi connectivity index (χ3n) is 3.60. The molecule has 1 aliphatic carbocycles. The topological polar surface area (TPSA) is 117 Å².